The number of anilines is 2. The molecule has 2 atom stereocenters. The molecule has 2 unspecified atom stereocenters. The van der Waals surface area contributed by atoms with Crippen LogP contribution in [-0.4, -0.2) is 102 Å². The molecule has 1 aromatic carbocycles. The third-order valence-corrected chi connectivity index (χ3v) is 11.2. The average molecular weight is 757 g/mol. The van der Waals surface area contributed by atoms with Crippen LogP contribution in [0.4, 0.5) is 11.5 Å². The number of nitrogens with zero attached hydrogens (tertiary/aromatic N) is 6. The third kappa shape index (κ3) is 12.3. The van der Waals surface area contributed by atoms with Crippen LogP contribution < -0.4 is 20.7 Å². The van der Waals surface area contributed by atoms with Gasteiger partial charge in [-0.05, 0) is 100 Å². The van der Waals surface area contributed by atoms with E-state index in [0.717, 1.165) is 98.6 Å². The van der Waals surface area contributed by atoms with Crippen LogP contribution in [0.3, 0.4) is 0 Å². The standard InChI is InChI=1S/C43H64N8O4/c1-5-6-7-8-9-19-45-41(53)11-10-12-42(54)50-23-21-49(22-24-50)38-27-36(28-39(29-38)51-33(3)26-32(2)47-51)35(18-25-52)31-48-20-17-34(30-48)13-14-37-15-16-40(55-4)43(44)46-37/h15-16,25-29,34-35H,5-14,17-24,30-31H2,1-4H3,(H2,44,46)(H,45,53). The SMILES string of the molecule is CCCCCCCNC(=O)CCCC(=O)N1CCN(c2cc(C(CC=O)CN3CCC(CCc4ccc(OC)c(N)n4)C3)cc(-n3nc(C)cc3C)c2)CC1. The van der Waals surface area contributed by atoms with Crippen molar-refractivity contribution in [3.8, 4) is 11.4 Å². The number of aldehydes is 1. The number of aryl methyl sites for hydroxylation is 3. The van der Waals surface area contributed by atoms with Crippen LogP contribution in [-0.2, 0) is 20.8 Å². The first-order chi connectivity index (χ1) is 26.7. The van der Waals surface area contributed by atoms with E-state index in [-0.39, 0.29) is 17.7 Å². The summed E-state index contributed by atoms with van der Waals surface area (Å²) < 4.78 is 7.26. The molecule has 0 saturated carbocycles. The maximum Gasteiger partial charge on any atom is 0.222 e. The molecule has 0 bridgehead atoms. The van der Waals surface area contributed by atoms with E-state index >= 15 is 0 Å². The Morgan fingerprint density at radius 1 is 0.982 bits per heavy atom. The van der Waals surface area contributed by atoms with E-state index < -0.39 is 0 Å². The van der Waals surface area contributed by atoms with E-state index in [1.54, 1.807) is 7.11 Å². The number of carbonyl (C=O) groups excluding carboxylic acids is 3. The van der Waals surface area contributed by atoms with Crippen LogP contribution in [0.5, 0.6) is 5.75 Å². The van der Waals surface area contributed by atoms with Gasteiger partial charge in [-0.3, -0.25) is 9.59 Å². The van der Waals surface area contributed by atoms with Crippen molar-refractivity contribution in [3.63, 3.8) is 0 Å². The van der Waals surface area contributed by atoms with Gasteiger partial charge in [-0.15, -0.1) is 0 Å². The number of nitrogens with one attached hydrogen (secondary N) is 1. The van der Waals surface area contributed by atoms with E-state index in [1.807, 2.05) is 28.6 Å². The zero-order valence-corrected chi connectivity index (χ0v) is 33.7. The number of methoxy groups -OCH3 is 1. The summed E-state index contributed by atoms with van der Waals surface area (Å²) in [7, 11) is 1.60. The van der Waals surface area contributed by atoms with Gasteiger partial charge in [0.25, 0.3) is 0 Å². The summed E-state index contributed by atoms with van der Waals surface area (Å²) >= 11 is 0. The first-order valence-electron chi connectivity index (χ1n) is 20.6. The molecule has 4 heterocycles. The fourth-order valence-corrected chi connectivity index (χ4v) is 8.09. The fraction of sp³-hybridized carbons (Fsp3) is 0.605. The Kier molecular flexibility index (Phi) is 15.9. The molecule has 2 saturated heterocycles. The van der Waals surface area contributed by atoms with E-state index in [1.165, 1.54) is 19.3 Å². The summed E-state index contributed by atoms with van der Waals surface area (Å²) in [6.07, 6.45) is 11.7. The second-order valence-corrected chi connectivity index (χ2v) is 15.5. The predicted octanol–water partition coefficient (Wildman–Crippen LogP) is 6.01. The highest BCUT2D eigenvalue weighted by Gasteiger charge is 2.27. The zero-order valence-electron chi connectivity index (χ0n) is 33.7. The van der Waals surface area contributed by atoms with Crippen LogP contribution >= 0.6 is 0 Å². The number of nitrogen functional groups attached to an aromatic ring is 1. The summed E-state index contributed by atoms with van der Waals surface area (Å²) in [6.45, 7) is 12.5. The summed E-state index contributed by atoms with van der Waals surface area (Å²) in [5, 5.41) is 7.82. The van der Waals surface area contributed by atoms with Gasteiger partial charge in [0.1, 0.15) is 6.29 Å². The van der Waals surface area contributed by atoms with Gasteiger partial charge in [-0.2, -0.15) is 5.10 Å². The molecule has 5 rings (SSSR count). The number of pyridine rings is 1. The number of aromatic nitrogens is 3. The lowest BCUT2D eigenvalue weighted by molar-refractivity contribution is -0.131. The Hall–Kier alpha value is -4.45. The van der Waals surface area contributed by atoms with Gasteiger partial charge in [-0.1, -0.05) is 32.6 Å². The number of rotatable bonds is 21. The molecule has 0 aliphatic carbocycles. The van der Waals surface area contributed by atoms with Crippen molar-refractivity contribution in [2.24, 2.45) is 5.92 Å². The number of carbonyl (C=O) groups is 3. The van der Waals surface area contributed by atoms with Crippen molar-refractivity contribution < 1.29 is 19.1 Å². The predicted molar refractivity (Wildman–Crippen MR) is 219 cm³/mol. The Labute approximate surface area is 328 Å². The second kappa shape index (κ2) is 21.0. The van der Waals surface area contributed by atoms with Crippen molar-refractivity contribution in [1.82, 2.24) is 29.9 Å². The number of nitrogens with two attached hydrogens (primary N) is 1. The molecule has 2 aromatic heterocycles. The normalized spacial score (nSPS) is 16.7. The lowest BCUT2D eigenvalue weighted by Crippen LogP contribution is -2.48. The van der Waals surface area contributed by atoms with E-state index in [0.29, 0.717) is 69.3 Å². The number of amides is 2. The van der Waals surface area contributed by atoms with Crippen molar-refractivity contribution in [2.45, 2.75) is 104 Å². The van der Waals surface area contributed by atoms with Crippen LogP contribution in [0.1, 0.15) is 106 Å². The van der Waals surface area contributed by atoms with Gasteiger partial charge in [0.2, 0.25) is 11.8 Å². The Morgan fingerprint density at radius 3 is 2.47 bits per heavy atom. The van der Waals surface area contributed by atoms with Crippen LogP contribution in [0.25, 0.3) is 5.69 Å². The number of benzene rings is 1. The minimum absolute atomic E-state index is 0.0380. The largest absolute Gasteiger partial charge is 0.493 e. The van der Waals surface area contributed by atoms with E-state index in [2.05, 4.69) is 58.2 Å². The highest BCUT2D eigenvalue weighted by atomic mass is 16.5. The molecule has 55 heavy (non-hydrogen) atoms. The summed E-state index contributed by atoms with van der Waals surface area (Å²) in [4.78, 5) is 48.9. The molecule has 0 radical (unpaired) electrons. The monoisotopic (exact) mass is 757 g/mol. The average Bonchev–Trinajstić information content (AvgIpc) is 3.79. The molecule has 2 fully saturated rings. The van der Waals surface area contributed by atoms with Crippen LogP contribution in [0, 0.1) is 19.8 Å². The maximum absolute atomic E-state index is 13.1. The van der Waals surface area contributed by atoms with Crippen molar-refractivity contribution in [1.29, 1.82) is 0 Å². The van der Waals surface area contributed by atoms with E-state index in [4.69, 9.17) is 15.6 Å². The molecular formula is C43H64N8O4. The summed E-state index contributed by atoms with van der Waals surface area (Å²) in [5.74, 6) is 1.78. The lowest BCUT2D eigenvalue weighted by Gasteiger charge is -2.37. The second-order valence-electron chi connectivity index (χ2n) is 15.5. The number of likely N-dealkylation sites (tertiary alicyclic amines) is 1. The topological polar surface area (TPSA) is 139 Å². The molecular weight excluding hydrogens is 693 g/mol. The van der Waals surface area contributed by atoms with Gasteiger partial charge >= 0.3 is 0 Å². The minimum atomic E-state index is 0.0380. The smallest absolute Gasteiger partial charge is 0.222 e. The Bertz CT molecular complexity index is 1700. The number of ether oxygens (including phenoxy) is 1. The number of piperazine rings is 1. The molecule has 12 heteroatoms. The molecule has 2 amide bonds. The molecule has 12 nitrogen and oxygen atoms in total. The molecule has 2 aliphatic heterocycles. The third-order valence-electron chi connectivity index (χ3n) is 11.2. The van der Waals surface area contributed by atoms with E-state index in [9.17, 15) is 14.4 Å². The van der Waals surface area contributed by atoms with Crippen LogP contribution in [0.15, 0.2) is 36.4 Å². The molecule has 3 aromatic rings. The van der Waals surface area contributed by atoms with Gasteiger partial charge < -0.3 is 35.3 Å². The summed E-state index contributed by atoms with van der Waals surface area (Å²) in [5.41, 5.74) is 12.2. The fourth-order valence-electron chi connectivity index (χ4n) is 8.09. The van der Waals surface area contributed by atoms with Gasteiger partial charge in [0.15, 0.2) is 11.6 Å². The highest BCUT2D eigenvalue weighted by molar-refractivity contribution is 5.79. The Morgan fingerprint density at radius 2 is 1.76 bits per heavy atom. The van der Waals surface area contributed by atoms with Gasteiger partial charge in [-0.25, -0.2) is 9.67 Å². The Balaban J connectivity index is 1.18. The van der Waals surface area contributed by atoms with Crippen molar-refractivity contribution in [2.75, 3.05) is 70.1 Å². The first-order valence-corrected chi connectivity index (χ1v) is 20.6. The zero-order chi connectivity index (χ0) is 39.2. The summed E-state index contributed by atoms with van der Waals surface area (Å²) in [6, 6.07) is 12.6. The number of unbranched alkanes of at least 4 members (excludes halogenated alkanes) is 4. The lowest BCUT2D eigenvalue weighted by atomic mass is 9.94. The molecule has 300 valence electrons. The molecule has 3 N–H and O–H groups in total. The van der Waals surface area contributed by atoms with Gasteiger partial charge in [0.05, 0.1) is 18.5 Å². The first kappa shape index (κ1) is 41.7. The van der Waals surface area contributed by atoms with Gasteiger partial charge in [0, 0.05) is 88.1 Å². The molecule has 0 spiro atoms. The van der Waals surface area contributed by atoms with Crippen LogP contribution in [0.2, 0.25) is 0 Å². The number of hydrogen-bond acceptors (Lipinski definition) is 9. The molecule has 2 aliphatic rings. The highest BCUT2D eigenvalue weighted by Crippen LogP contribution is 2.32. The number of hydrogen-bond donors (Lipinski definition) is 2. The maximum atomic E-state index is 13.1. The van der Waals surface area contributed by atoms with Crippen molar-refractivity contribution >= 4 is 29.6 Å². The quantitative estimate of drug-likeness (QED) is 0.0989. The minimum Gasteiger partial charge on any atom is -0.493 e. The van der Waals surface area contributed by atoms with Crippen molar-refractivity contribution in [3.05, 3.63) is 59.0 Å².